The summed E-state index contributed by atoms with van der Waals surface area (Å²) in [5, 5.41) is 49.0. The first-order valence-electron chi connectivity index (χ1n) is 11.0. The van der Waals surface area contributed by atoms with Gasteiger partial charge in [-0.15, -0.1) is 33.0 Å². The standard InChI is InChI=1S/5C4H6Cl3O.V/c5*5-4(6,7)2-1-3-8;/h5*1-3H2;/q5*-1;. The zero-order valence-corrected chi connectivity index (χ0v) is 34.0. The minimum atomic E-state index is -1.23. The molecule has 0 aliphatic carbocycles. The van der Waals surface area contributed by atoms with Crippen LogP contribution in [0.2, 0.25) is 0 Å². The van der Waals surface area contributed by atoms with Crippen molar-refractivity contribution in [2.24, 2.45) is 0 Å². The molecule has 0 aromatic carbocycles. The maximum atomic E-state index is 9.80. The van der Waals surface area contributed by atoms with Crippen LogP contribution in [0.1, 0.15) is 64.2 Å². The van der Waals surface area contributed by atoms with Crippen molar-refractivity contribution in [3.05, 3.63) is 0 Å². The van der Waals surface area contributed by atoms with Gasteiger partial charge in [0.05, 0.1) is 0 Å². The van der Waals surface area contributed by atoms with Gasteiger partial charge in [-0.25, -0.2) is 0 Å². The smallest absolute Gasteiger partial charge is 0.190 e. The van der Waals surface area contributed by atoms with E-state index in [0.29, 0.717) is 64.2 Å². The third-order valence-electron chi connectivity index (χ3n) is 3.02. The quantitative estimate of drug-likeness (QED) is 0.211. The first kappa shape index (κ1) is 58.0. The SMILES string of the molecule is [O-]CCCC(Cl)(Cl)Cl.[O-]CCCC(Cl)(Cl)Cl.[O-]CCCC(Cl)(Cl)Cl.[O-]CCCC(Cl)(Cl)Cl.[O-]CCCC(Cl)(Cl)Cl.[V]. The number of hydrogen-bond acceptors (Lipinski definition) is 5. The molecule has 5 nitrogen and oxygen atoms in total. The predicted octanol–water partition coefficient (Wildman–Crippen LogP) is 7.48. The van der Waals surface area contributed by atoms with Gasteiger partial charge in [-0.05, 0) is 32.1 Å². The van der Waals surface area contributed by atoms with Crippen LogP contribution >= 0.6 is 174 Å². The van der Waals surface area contributed by atoms with Gasteiger partial charge in [0.15, 0.2) is 19.0 Å². The van der Waals surface area contributed by atoms with Gasteiger partial charge in [0.25, 0.3) is 0 Å². The van der Waals surface area contributed by atoms with E-state index in [1.54, 1.807) is 0 Å². The fourth-order valence-electron chi connectivity index (χ4n) is 1.36. The largest absolute Gasteiger partial charge is 0.854 e. The summed E-state index contributed by atoms with van der Waals surface area (Å²) in [6.45, 7) is -0.864. The molecule has 21 heteroatoms. The first-order chi connectivity index (χ1) is 17.8. The molecule has 0 bridgehead atoms. The Labute approximate surface area is 330 Å². The molecular formula is C20H30Cl15O5V-5. The van der Waals surface area contributed by atoms with E-state index in [1.807, 2.05) is 0 Å². The van der Waals surface area contributed by atoms with Gasteiger partial charge in [0, 0.05) is 18.6 Å². The molecule has 1 radical (unpaired) electrons. The molecule has 0 heterocycles. The Balaban J connectivity index is -0.0000000928. The summed E-state index contributed by atoms with van der Waals surface area (Å²) in [5.41, 5.74) is 0. The van der Waals surface area contributed by atoms with Gasteiger partial charge in [0.1, 0.15) is 0 Å². The Bertz CT molecular complexity index is 405. The van der Waals surface area contributed by atoms with E-state index in [2.05, 4.69) is 0 Å². The topological polar surface area (TPSA) is 115 Å². The molecule has 0 aliphatic rings. The average Bonchev–Trinajstić information content (AvgIpc) is 2.76. The Hall–Kier alpha value is 4.73. The fraction of sp³-hybridized carbons (Fsp3) is 1.00. The van der Waals surface area contributed by atoms with Crippen molar-refractivity contribution in [1.82, 2.24) is 0 Å². The average molecular weight is 933 g/mol. The van der Waals surface area contributed by atoms with Gasteiger partial charge in [-0.1, -0.05) is 206 Å². The Morgan fingerprint density at radius 3 is 0.390 bits per heavy atom. The summed E-state index contributed by atoms with van der Waals surface area (Å²) in [4.78, 5) is 0. The molecule has 0 saturated heterocycles. The molecule has 255 valence electrons. The molecule has 0 aromatic rings. The Morgan fingerprint density at radius 2 is 0.366 bits per heavy atom. The van der Waals surface area contributed by atoms with Crippen molar-refractivity contribution in [2.75, 3.05) is 33.0 Å². The molecule has 41 heavy (non-hydrogen) atoms. The third kappa shape index (κ3) is 92.4. The molecular weight excluding hydrogens is 903 g/mol. The summed E-state index contributed by atoms with van der Waals surface area (Å²) in [7, 11) is 0. The van der Waals surface area contributed by atoms with E-state index in [-0.39, 0.29) is 51.6 Å². The third-order valence-corrected chi connectivity index (χ3v) is 5.86. The second-order valence-electron chi connectivity index (χ2n) is 7.11. The van der Waals surface area contributed by atoms with Crippen LogP contribution in [0.15, 0.2) is 0 Å². The maximum absolute atomic E-state index is 9.80. The van der Waals surface area contributed by atoms with E-state index in [0.717, 1.165) is 0 Å². The minimum absolute atomic E-state index is 0. The van der Waals surface area contributed by atoms with Gasteiger partial charge in [-0.3, -0.25) is 0 Å². The second-order valence-corrected chi connectivity index (χ2v) is 19.7. The van der Waals surface area contributed by atoms with Crippen molar-refractivity contribution in [3.8, 4) is 0 Å². The zero-order chi connectivity index (χ0) is 33.1. The number of hydrogen-bond donors (Lipinski definition) is 0. The van der Waals surface area contributed by atoms with Crippen LogP contribution < -0.4 is 25.5 Å². The van der Waals surface area contributed by atoms with E-state index < -0.39 is 19.0 Å². The van der Waals surface area contributed by atoms with Crippen LogP contribution in [0.4, 0.5) is 0 Å². The monoisotopic (exact) mass is 926 g/mol. The van der Waals surface area contributed by atoms with Crippen LogP contribution in [0.5, 0.6) is 0 Å². The van der Waals surface area contributed by atoms with Gasteiger partial charge in [-0.2, -0.15) is 0 Å². The van der Waals surface area contributed by atoms with E-state index in [4.69, 9.17) is 174 Å². The van der Waals surface area contributed by atoms with Gasteiger partial charge < -0.3 is 25.5 Å². The fourth-order valence-corrected chi connectivity index (χ4v) is 3.37. The first-order valence-corrected chi connectivity index (χ1v) is 16.7. The van der Waals surface area contributed by atoms with Crippen LogP contribution in [-0.4, -0.2) is 52.0 Å². The zero-order valence-electron chi connectivity index (χ0n) is 21.3. The van der Waals surface area contributed by atoms with Crippen LogP contribution in [0.3, 0.4) is 0 Å². The summed E-state index contributed by atoms with van der Waals surface area (Å²) >= 11 is 79.6. The van der Waals surface area contributed by atoms with E-state index >= 15 is 0 Å². The van der Waals surface area contributed by atoms with Crippen LogP contribution in [-0.2, 0) is 18.6 Å². The molecule has 0 saturated carbocycles. The number of rotatable bonds is 10. The Morgan fingerprint density at radius 1 is 0.268 bits per heavy atom. The van der Waals surface area contributed by atoms with Gasteiger partial charge >= 0.3 is 0 Å². The Kier molecular flexibility index (Phi) is 48.9. The second kappa shape index (κ2) is 34.6. The molecule has 0 unspecified atom stereocenters. The molecule has 0 aromatic heterocycles. The van der Waals surface area contributed by atoms with Crippen LogP contribution in [0.25, 0.3) is 0 Å². The minimum Gasteiger partial charge on any atom is -0.854 e. The van der Waals surface area contributed by atoms with E-state index in [9.17, 15) is 25.5 Å². The molecule has 0 fully saturated rings. The van der Waals surface area contributed by atoms with Crippen molar-refractivity contribution < 1.29 is 44.1 Å². The van der Waals surface area contributed by atoms with Crippen molar-refractivity contribution in [1.29, 1.82) is 0 Å². The summed E-state index contributed by atoms with van der Waals surface area (Å²) in [5.74, 6) is 0. The molecule has 0 aliphatic heterocycles. The summed E-state index contributed by atoms with van der Waals surface area (Å²) in [6.07, 6.45) is 3.88. The molecule has 0 N–H and O–H groups in total. The summed E-state index contributed by atoms with van der Waals surface area (Å²) in [6, 6.07) is 0. The molecule has 0 amide bonds. The van der Waals surface area contributed by atoms with Crippen LogP contribution in [0, 0.1) is 0 Å². The molecule has 0 atom stereocenters. The van der Waals surface area contributed by atoms with Crippen molar-refractivity contribution in [3.63, 3.8) is 0 Å². The maximum Gasteiger partial charge on any atom is 0.190 e. The van der Waals surface area contributed by atoms with Crippen molar-refractivity contribution >= 4 is 174 Å². The number of alkyl halides is 15. The number of halogens is 15. The normalized spacial score (nSPS) is 11.7. The predicted molar refractivity (Wildman–Crippen MR) is 172 cm³/mol. The van der Waals surface area contributed by atoms with Gasteiger partial charge in [0.2, 0.25) is 0 Å². The molecule has 0 spiro atoms. The molecule has 0 rings (SSSR count). The van der Waals surface area contributed by atoms with Crippen molar-refractivity contribution in [2.45, 2.75) is 83.2 Å². The summed E-state index contributed by atoms with van der Waals surface area (Å²) < 4.78 is -6.16. The van der Waals surface area contributed by atoms with E-state index in [1.165, 1.54) is 0 Å².